The van der Waals surface area contributed by atoms with Crippen LogP contribution >= 0.6 is 0 Å². The normalized spacial score (nSPS) is 23.2. The second-order valence-electron chi connectivity index (χ2n) is 7.68. The number of carbonyl (C=O) groups is 1. The van der Waals surface area contributed by atoms with Crippen LogP contribution in [0.5, 0.6) is 5.75 Å². The van der Waals surface area contributed by atoms with Crippen molar-refractivity contribution in [2.45, 2.75) is 58.2 Å². The monoisotopic (exact) mass is 355 g/mol. The molecule has 0 bridgehead atoms. The van der Waals surface area contributed by atoms with Gasteiger partial charge in [0.1, 0.15) is 11.4 Å². The number of anilines is 1. The Kier molecular flexibility index (Phi) is 5.52. The van der Waals surface area contributed by atoms with Crippen LogP contribution in [0.3, 0.4) is 0 Å². The van der Waals surface area contributed by atoms with Crippen LogP contribution in [0.2, 0.25) is 0 Å². The molecule has 140 valence electrons. The van der Waals surface area contributed by atoms with Crippen LogP contribution in [-0.4, -0.2) is 24.7 Å². The highest BCUT2D eigenvalue weighted by Crippen LogP contribution is 2.37. The van der Waals surface area contributed by atoms with Crippen molar-refractivity contribution in [3.8, 4) is 5.75 Å². The molecule has 26 heavy (non-hydrogen) atoms. The number of nitrogens with one attached hydrogen (secondary N) is 1. The summed E-state index contributed by atoms with van der Waals surface area (Å²) in [5.41, 5.74) is 0.0719. The number of benzene rings is 2. The molecule has 2 aromatic rings. The van der Waals surface area contributed by atoms with Crippen molar-refractivity contribution >= 4 is 22.4 Å². The van der Waals surface area contributed by atoms with Crippen LogP contribution in [0.25, 0.3) is 10.8 Å². The predicted octanol–water partition coefficient (Wildman–Crippen LogP) is 5.16. The van der Waals surface area contributed by atoms with E-state index >= 15 is 0 Å². The first-order valence-electron chi connectivity index (χ1n) is 9.50. The van der Waals surface area contributed by atoms with Gasteiger partial charge in [-0.1, -0.05) is 37.6 Å². The van der Waals surface area contributed by atoms with Gasteiger partial charge in [-0.05, 0) is 51.2 Å². The van der Waals surface area contributed by atoms with Gasteiger partial charge in [0, 0.05) is 23.6 Å². The topological polar surface area (TPSA) is 47.6 Å². The first-order valence-corrected chi connectivity index (χ1v) is 9.50. The predicted molar refractivity (Wildman–Crippen MR) is 106 cm³/mol. The summed E-state index contributed by atoms with van der Waals surface area (Å²) in [6, 6.07) is 11.9. The Bertz CT molecular complexity index is 786. The van der Waals surface area contributed by atoms with E-state index in [9.17, 15) is 4.79 Å². The molecule has 1 aliphatic rings. The Balaban J connectivity index is 1.92. The lowest BCUT2D eigenvalue weighted by Crippen LogP contribution is -2.47. The number of amides is 1. The van der Waals surface area contributed by atoms with Crippen molar-refractivity contribution in [1.82, 2.24) is 0 Å². The molecule has 0 unspecified atom stereocenters. The van der Waals surface area contributed by atoms with Gasteiger partial charge in [-0.15, -0.1) is 0 Å². The van der Waals surface area contributed by atoms with E-state index in [1.54, 1.807) is 7.11 Å². The van der Waals surface area contributed by atoms with Crippen molar-refractivity contribution in [1.29, 1.82) is 0 Å². The van der Waals surface area contributed by atoms with E-state index in [4.69, 9.17) is 9.47 Å². The van der Waals surface area contributed by atoms with Gasteiger partial charge in [0.25, 0.3) is 5.91 Å². The zero-order chi connectivity index (χ0) is 18.7. The fourth-order valence-corrected chi connectivity index (χ4v) is 3.96. The summed E-state index contributed by atoms with van der Waals surface area (Å²) >= 11 is 0. The maximum absolute atomic E-state index is 13.1. The summed E-state index contributed by atoms with van der Waals surface area (Å²) in [7, 11) is 1.65. The fraction of sp³-hybridized carbons (Fsp3) is 0.500. The Morgan fingerprint density at radius 3 is 2.58 bits per heavy atom. The van der Waals surface area contributed by atoms with Crippen molar-refractivity contribution in [3.05, 3.63) is 36.4 Å². The maximum atomic E-state index is 13.1. The summed E-state index contributed by atoms with van der Waals surface area (Å²) in [6.07, 6.45) is 3.81. The molecule has 1 amide bonds. The molecule has 2 atom stereocenters. The van der Waals surface area contributed by atoms with Gasteiger partial charge >= 0.3 is 0 Å². The lowest BCUT2D eigenvalue weighted by Gasteiger charge is -2.37. The molecule has 0 aliphatic heterocycles. The lowest BCUT2D eigenvalue weighted by atomic mass is 9.78. The smallest absolute Gasteiger partial charge is 0.256 e. The number of rotatable bonds is 5. The summed E-state index contributed by atoms with van der Waals surface area (Å²) in [4.78, 5) is 13.1. The van der Waals surface area contributed by atoms with Crippen LogP contribution < -0.4 is 10.1 Å². The molecule has 1 N–H and O–H groups in total. The molecule has 0 saturated heterocycles. The molecular weight excluding hydrogens is 326 g/mol. The molecular formula is C22H29NO3. The largest absolute Gasteiger partial charge is 0.490 e. The van der Waals surface area contributed by atoms with Crippen LogP contribution in [0.15, 0.2) is 36.4 Å². The standard InChI is InChI=1S/C22H29NO3/c1-15(2)26-20-12-11-19(17-9-5-6-10-18(17)20)23-21(24)22(25-4)13-7-8-16(3)14-22/h5-6,9-12,15-16H,7-8,13-14H2,1-4H3,(H,23,24)/t16-,22+/m0/s1. The highest BCUT2D eigenvalue weighted by Gasteiger charge is 2.42. The number of hydrogen-bond acceptors (Lipinski definition) is 3. The molecule has 2 aromatic carbocycles. The van der Waals surface area contributed by atoms with Crippen molar-refractivity contribution in [2.75, 3.05) is 12.4 Å². The maximum Gasteiger partial charge on any atom is 0.256 e. The zero-order valence-electron chi connectivity index (χ0n) is 16.2. The van der Waals surface area contributed by atoms with E-state index in [0.717, 1.165) is 47.9 Å². The molecule has 0 radical (unpaired) electrons. The van der Waals surface area contributed by atoms with Gasteiger partial charge in [0.15, 0.2) is 0 Å². The molecule has 0 aromatic heterocycles. The third kappa shape index (κ3) is 3.70. The SMILES string of the molecule is CO[C@]1(C(=O)Nc2ccc(OC(C)C)c3ccccc23)CCC[C@H](C)C1. The minimum absolute atomic E-state index is 0.0470. The third-order valence-electron chi connectivity index (χ3n) is 5.26. The molecule has 0 heterocycles. The number of hydrogen-bond donors (Lipinski definition) is 1. The molecule has 1 fully saturated rings. The highest BCUT2D eigenvalue weighted by atomic mass is 16.5. The van der Waals surface area contributed by atoms with Gasteiger partial charge < -0.3 is 14.8 Å². The quantitative estimate of drug-likeness (QED) is 0.806. The summed E-state index contributed by atoms with van der Waals surface area (Å²) in [6.45, 7) is 6.21. The second kappa shape index (κ2) is 7.67. The molecule has 1 aliphatic carbocycles. The summed E-state index contributed by atoms with van der Waals surface area (Å²) in [5, 5.41) is 5.11. The van der Waals surface area contributed by atoms with E-state index in [1.807, 2.05) is 50.2 Å². The van der Waals surface area contributed by atoms with Crippen LogP contribution in [0.4, 0.5) is 5.69 Å². The van der Waals surface area contributed by atoms with E-state index < -0.39 is 5.60 Å². The lowest BCUT2D eigenvalue weighted by molar-refractivity contribution is -0.143. The Labute approximate surface area is 155 Å². The second-order valence-corrected chi connectivity index (χ2v) is 7.68. The minimum Gasteiger partial charge on any atom is -0.490 e. The first kappa shape index (κ1) is 18.7. The van der Waals surface area contributed by atoms with E-state index in [1.165, 1.54) is 0 Å². The van der Waals surface area contributed by atoms with Gasteiger partial charge in [-0.25, -0.2) is 0 Å². The third-order valence-corrected chi connectivity index (χ3v) is 5.26. The van der Waals surface area contributed by atoms with Crippen molar-refractivity contribution in [2.24, 2.45) is 5.92 Å². The summed E-state index contributed by atoms with van der Waals surface area (Å²) < 4.78 is 11.7. The van der Waals surface area contributed by atoms with E-state index in [0.29, 0.717) is 5.92 Å². The summed E-state index contributed by atoms with van der Waals surface area (Å²) in [5.74, 6) is 1.28. The zero-order valence-corrected chi connectivity index (χ0v) is 16.2. The minimum atomic E-state index is -0.730. The van der Waals surface area contributed by atoms with Crippen LogP contribution in [0, 0.1) is 5.92 Å². The average Bonchev–Trinajstić information content (AvgIpc) is 2.63. The fourth-order valence-electron chi connectivity index (χ4n) is 3.96. The van der Waals surface area contributed by atoms with Gasteiger partial charge in [-0.2, -0.15) is 0 Å². The number of methoxy groups -OCH3 is 1. The number of ether oxygens (including phenoxy) is 2. The molecule has 4 heteroatoms. The van der Waals surface area contributed by atoms with Gasteiger partial charge in [0.2, 0.25) is 0 Å². The molecule has 0 spiro atoms. The van der Waals surface area contributed by atoms with E-state index in [2.05, 4.69) is 12.2 Å². The Hall–Kier alpha value is -2.07. The molecule has 4 nitrogen and oxygen atoms in total. The van der Waals surface area contributed by atoms with Crippen molar-refractivity contribution in [3.63, 3.8) is 0 Å². The number of carbonyl (C=O) groups excluding carboxylic acids is 1. The van der Waals surface area contributed by atoms with Crippen LogP contribution in [-0.2, 0) is 9.53 Å². The average molecular weight is 355 g/mol. The van der Waals surface area contributed by atoms with E-state index in [-0.39, 0.29) is 12.0 Å². The number of fused-ring (bicyclic) bond motifs is 1. The molecule has 3 rings (SSSR count). The highest BCUT2D eigenvalue weighted by molar-refractivity contribution is 6.06. The molecule has 1 saturated carbocycles. The van der Waals surface area contributed by atoms with Crippen LogP contribution in [0.1, 0.15) is 46.5 Å². The van der Waals surface area contributed by atoms with Gasteiger partial charge in [-0.3, -0.25) is 4.79 Å². The van der Waals surface area contributed by atoms with Crippen molar-refractivity contribution < 1.29 is 14.3 Å². The Morgan fingerprint density at radius 2 is 1.92 bits per heavy atom. The van der Waals surface area contributed by atoms with Gasteiger partial charge in [0.05, 0.1) is 6.10 Å². The Morgan fingerprint density at radius 1 is 1.19 bits per heavy atom. The first-order chi connectivity index (χ1) is 12.4.